The summed E-state index contributed by atoms with van der Waals surface area (Å²) in [5.41, 5.74) is 4.74. The number of benzene rings is 2. The van der Waals surface area contributed by atoms with E-state index in [9.17, 15) is 0 Å². The Balaban J connectivity index is 1.33. The number of para-hydroxylation sites is 1. The van der Waals surface area contributed by atoms with Crippen LogP contribution in [0, 0.1) is 0 Å². The van der Waals surface area contributed by atoms with Gasteiger partial charge in [-0.15, -0.1) is 0 Å². The number of hydrogen-bond donors (Lipinski definition) is 0. The number of nitrogens with zero attached hydrogens (tertiary/aromatic N) is 6. The van der Waals surface area contributed by atoms with Crippen molar-refractivity contribution in [3.8, 4) is 0 Å². The summed E-state index contributed by atoms with van der Waals surface area (Å²) in [5, 5.41) is 1.91. The fourth-order valence-corrected chi connectivity index (χ4v) is 6.27. The van der Waals surface area contributed by atoms with Crippen LogP contribution in [0.5, 0.6) is 0 Å². The van der Waals surface area contributed by atoms with Crippen molar-refractivity contribution in [2.45, 2.75) is 45.8 Å². The van der Waals surface area contributed by atoms with E-state index >= 15 is 0 Å². The van der Waals surface area contributed by atoms with Gasteiger partial charge in [-0.05, 0) is 69.3 Å². The summed E-state index contributed by atoms with van der Waals surface area (Å²) >= 11 is 6.25. The average molecular weight is 585 g/mol. The molecule has 0 radical (unpaired) electrons. The largest absolute Gasteiger partial charge is 0.354 e. The van der Waals surface area contributed by atoms with Gasteiger partial charge in [0.2, 0.25) is 0 Å². The number of rotatable bonds is 10. The Labute approximate surface area is 257 Å². The standard InChI is InChI=1S/C35H45ClN6/c1-6-27(13-12-26(3)4)34(28-14-16-29(36)17-15-28)41-22-20-40(21-23-41)25-33-37-32-11-9-8-10-31(32)35(38-33)42-19-18-30(24-42)39(5)7-2/h6,8-17,30,34H,1,7,18-25H2,2-5H3/b27-13+/t30-,34?/m0/s1. The lowest BCUT2D eigenvalue weighted by atomic mass is 9.95. The Bertz CT molecular complexity index is 1420. The van der Waals surface area contributed by atoms with E-state index in [0.717, 1.165) is 79.9 Å². The molecule has 2 aliphatic rings. The lowest BCUT2D eigenvalue weighted by Crippen LogP contribution is -2.47. The second-order valence-electron chi connectivity index (χ2n) is 11.8. The van der Waals surface area contributed by atoms with Crippen molar-refractivity contribution in [3.63, 3.8) is 0 Å². The molecule has 222 valence electrons. The molecule has 7 heteroatoms. The van der Waals surface area contributed by atoms with Gasteiger partial charge in [-0.25, -0.2) is 9.97 Å². The summed E-state index contributed by atoms with van der Waals surface area (Å²) in [4.78, 5) is 20.2. The van der Waals surface area contributed by atoms with Crippen molar-refractivity contribution in [3.05, 3.63) is 101 Å². The van der Waals surface area contributed by atoms with Crippen LogP contribution in [0.15, 0.2) is 84.5 Å². The molecular formula is C35H45ClN6. The summed E-state index contributed by atoms with van der Waals surface area (Å²) in [6.07, 6.45) is 7.55. The third-order valence-corrected chi connectivity index (χ3v) is 8.95. The van der Waals surface area contributed by atoms with Crippen LogP contribution in [-0.4, -0.2) is 83.6 Å². The zero-order valence-corrected chi connectivity index (χ0v) is 26.4. The minimum Gasteiger partial charge on any atom is -0.354 e. The van der Waals surface area contributed by atoms with E-state index in [-0.39, 0.29) is 6.04 Å². The van der Waals surface area contributed by atoms with Crippen molar-refractivity contribution in [1.82, 2.24) is 24.7 Å². The van der Waals surface area contributed by atoms with Crippen LogP contribution in [-0.2, 0) is 6.54 Å². The lowest BCUT2D eigenvalue weighted by Gasteiger charge is -2.40. The van der Waals surface area contributed by atoms with Gasteiger partial charge in [0.1, 0.15) is 11.6 Å². The second kappa shape index (κ2) is 14.0. The number of fused-ring (bicyclic) bond motifs is 1. The van der Waals surface area contributed by atoms with Gasteiger partial charge in [0, 0.05) is 55.7 Å². The molecule has 2 atom stereocenters. The normalized spacial score (nSPS) is 19.4. The van der Waals surface area contributed by atoms with Gasteiger partial charge in [-0.2, -0.15) is 0 Å². The number of hydrogen-bond acceptors (Lipinski definition) is 6. The van der Waals surface area contributed by atoms with Crippen LogP contribution < -0.4 is 4.90 Å². The van der Waals surface area contributed by atoms with E-state index in [1.807, 2.05) is 18.2 Å². The maximum absolute atomic E-state index is 6.25. The van der Waals surface area contributed by atoms with E-state index in [0.29, 0.717) is 6.04 Å². The first-order valence-electron chi connectivity index (χ1n) is 15.3. The van der Waals surface area contributed by atoms with Crippen LogP contribution >= 0.6 is 11.6 Å². The highest BCUT2D eigenvalue weighted by molar-refractivity contribution is 6.30. The van der Waals surface area contributed by atoms with Gasteiger partial charge < -0.3 is 9.80 Å². The fourth-order valence-electron chi connectivity index (χ4n) is 6.14. The molecule has 0 spiro atoms. The molecule has 2 fully saturated rings. The maximum atomic E-state index is 6.25. The molecule has 1 unspecified atom stereocenters. The monoisotopic (exact) mass is 584 g/mol. The van der Waals surface area contributed by atoms with Crippen LogP contribution in [0.25, 0.3) is 10.9 Å². The van der Waals surface area contributed by atoms with Gasteiger partial charge in [-0.3, -0.25) is 9.80 Å². The van der Waals surface area contributed by atoms with Gasteiger partial charge in [0.05, 0.1) is 18.1 Å². The molecule has 3 heterocycles. The second-order valence-corrected chi connectivity index (χ2v) is 12.3. The first-order valence-corrected chi connectivity index (χ1v) is 15.6. The number of piperazine rings is 1. The van der Waals surface area contributed by atoms with Crippen LogP contribution in [0.3, 0.4) is 0 Å². The quantitative estimate of drug-likeness (QED) is 0.245. The van der Waals surface area contributed by atoms with E-state index in [2.05, 4.69) is 103 Å². The molecular weight excluding hydrogens is 540 g/mol. The van der Waals surface area contributed by atoms with Gasteiger partial charge in [0.15, 0.2) is 0 Å². The number of halogens is 1. The molecule has 1 aromatic heterocycles. The number of aromatic nitrogens is 2. The molecule has 0 aliphatic carbocycles. The lowest BCUT2D eigenvalue weighted by molar-refractivity contribution is 0.103. The fraction of sp³-hybridized carbons (Fsp3) is 0.429. The van der Waals surface area contributed by atoms with E-state index < -0.39 is 0 Å². The van der Waals surface area contributed by atoms with Crippen molar-refractivity contribution in [2.75, 3.05) is 57.8 Å². The predicted molar refractivity (Wildman–Crippen MR) is 177 cm³/mol. The summed E-state index contributed by atoms with van der Waals surface area (Å²) < 4.78 is 0. The molecule has 0 saturated carbocycles. The molecule has 5 rings (SSSR count). The zero-order valence-electron chi connectivity index (χ0n) is 25.6. The van der Waals surface area contributed by atoms with Crippen LogP contribution in [0.4, 0.5) is 5.82 Å². The van der Waals surface area contributed by atoms with Crippen LogP contribution in [0.2, 0.25) is 5.02 Å². The Morgan fingerprint density at radius 3 is 2.45 bits per heavy atom. The zero-order chi connectivity index (χ0) is 29.6. The molecule has 0 amide bonds. The summed E-state index contributed by atoms with van der Waals surface area (Å²) in [7, 11) is 2.23. The molecule has 42 heavy (non-hydrogen) atoms. The first kappa shape index (κ1) is 30.4. The maximum Gasteiger partial charge on any atom is 0.145 e. The van der Waals surface area contributed by atoms with E-state index in [1.54, 1.807) is 0 Å². The average Bonchev–Trinajstić information content (AvgIpc) is 3.50. The highest BCUT2D eigenvalue weighted by atomic mass is 35.5. The molecule has 0 bridgehead atoms. The Hall–Kier alpha value is -3.03. The molecule has 2 aliphatic heterocycles. The third kappa shape index (κ3) is 7.12. The summed E-state index contributed by atoms with van der Waals surface area (Å²) in [6, 6.07) is 17.4. The molecule has 2 aromatic carbocycles. The Morgan fingerprint density at radius 1 is 1.02 bits per heavy atom. The molecule has 6 nitrogen and oxygen atoms in total. The van der Waals surface area contributed by atoms with Gasteiger partial charge in [0.25, 0.3) is 0 Å². The predicted octanol–water partition coefficient (Wildman–Crippen LogP) is 6.75. The van der Waals surface area contributed by atoms with E-state index in [4.69, 9.17) is 21.6 Å². The number of anilines is 1. The minimum atomic E-state index is 0.130. The smallest absolute Gasteiger partial charge is 0.145 e. The van der Waals surface area contributed by atoms with Crippen molar-refractivity contribution >= 4 is 28.3 Å². The highest BCUT2D eigenvalue weighted by Crippen LogP contribution is 2.32. The van der Waals surface area contributed by atoms with Crippen molar-refractivity contribution in [1.29, 1.82) is 0 Å². The summed E-state index contributed by atoms with van der Waals surface area (Å²) in [5.74, 6) is 2.00. The highest BCUT2D eigenvalue weighted by Gasteiger charge is 2.29. The minimum absolute atomic E-state index is 0.130. The van der Waals surface area contributed by atoms with Gasteiger partial charge >= 0.3 is 0 Å². The molecule has 0 N–H and O–H groups in total. The SMILES string of the molecule is C=C/C(=C\C=C(C)C)C(c1ccc(Cl)cc1)N1CCN(Cc2nc(N3CC[C@H](N(C)CC)C3)c3ccccc3n2)CC1. The van der Waals surface area contributed by atoms with Gasteiger partial charge in [-0.1, -0.05) is 73.2 Å². The Kier molecular flexibility index (Phi) is 10.1. The number of likely N-dealkylation sites (N-methyl/N-ethyl adjacent to an activating group) is 1. The first-order chi connectivity index (χ1) is 20.4. The number of allylic oxidation sites excluding steroid dienone is 3. The van der Waals surface area contributed by atoms with Crippen molar-refractivity contribution in [2.24, 2.45) is 0 Å². The summed E-state index contributed by atoms with van der Waals surface area (Å²) in [6.45, 7) is 18.3. The molecule has 2 saturated heterocycles. The third-order valence-electron chi connectivity index (χ3n) is 8.70. The Morgan fingerprint density at radius 2 is 1.76 bits per heavy atom. The van der Waals surface area contributed by atoms with E-state index in [1.165, 1.54) is 23.1 Å². The van der Waals surface area contributed by atoms with Crippen LogP contribution in [0.1, 0.15) is 44.6 Å². The van der Waals surface area contributed by atoms with Crippen molar-refractivity contribution < 1.29 is 0 Å². The molecule has 3 aromatic rings. The topological polar surface area (TPSA) is 38.7 Å².